The number of rotatable bonds is 2. The van der Waals surface area contributed by atoms with Crippen molar-refractivity contribution >= 4 is 0 Å². The Morgan fingerprint density at radius 1 is 1.10 bits per heavy atom. The van der Waals surface area contributed by atoms with Crippen molar-refractivity contribution in [1.29, 1.82) is 0 Å². The van der Waals surface area contributed by atoms with Crippen LogP contribution in [-0.2, 0) is 6.42 Å². The van der Waals surface area contributed by atoms with Gasteiger partial charge in [-0.05, 0) is 36.2 Å². The third-order valence-corrected chi connectivity index (χ3v) is 3.90. The van der Waals surface area contributed by atoms with E-state index in [0.717, 1.165) is 46.9 Å². The summed E-state index contributed by atoms with van der Waals surface area (Å²) in [5, 5.41) is 7.53. The van der Waals surface area contributed by atoms with Gasteiger partial charge in [0.1, 0.15) is 5.75 Å². The van der Waals surface area contributed by atoms with Crippen molar-refractivity contribution in [2.75, 3.05) is 6.61 Å². The molecule has 1 aliphatic heterocycles. The van der Waals surface area contributed by atoms with Gasteiger partial charge in [0.15, 0.2) is 0 Å². The largest absolute Gasteiger partial charge is 0.493 e. The molecular weight excluding hydrogens is 262 g/mol. The number of H-pyrrole nitrogens is 1. The van der Waals surface area contributed by atoms with E-state index < -0.39 is 0 Å². The first-order valence-corrected chi connectivity index (χ1v) is 7.04. The molecule has 0 radical (unpaired) electrons. The van der Waals surface area contributed by atoms with E-state index in [1.165, 1.54) is 5.56 Å². The number of nitrogens with one attached hydrogen (secondary N) is 1. The second-order valence-electron chi connectivity index (χ2n) is 5.22. The number of aromatic amines is 1. The van der Waals surface area contributed by atoms with Gasteiger partial charge in [-0.2, -0.15) is 5.10 Å². The lowest BCUT2D eigenvalue weighted by Crippen LogP contribution is -1.87. The fourth-order valence-corrected chi connectivity index (χ4v) is 2.84. The first-order chi connectivity index (χ1) is 10.3. The Balaban J connectivity index is 1.87. The van der Waals surface area contributed by atoms with Gasteiger partial charge in [-0.25, -0.2) is 0 Å². The van der Waals surface area contributed by atoms with Crippen LogP contribution in [0.5, 0.6) is 5.75 Å². The van der Waals surface area contributed by atoms with Crippen LogP contribution in [0.15, 0.2) is 42.7 Å². The van der Waals surface area contributed by atoms with E-state index in [-0.39, 0.29) is 0 Å². The number of hydrogen-bond acceptors (Lipinski definition) is 3. The van der Waals surface area contributed by atoms with E-state index in [4.69, 9.17) is 4.74 Å². The Kier molecular flexibility index (Phi) is 2.74. The van der Waals surface area contributed by atoms with Gasteiger partial charge in [-0.1, -0.05) is 12.1 Å². The molecule has 1 N–H and O–H groups in total. The third kappa shape index (κ3) is 2.00. The molecule has 0 bridgehead atoms. The Bertz CT molecular complexity index is 793. The van der Waals surface area contributed by atoms with E-state index in [1.54, 1.807) is 12.4 Å². The minimum atomic E-state index is 0.776. The number of ether oxygens (including phenoxy) is 1. The minimum absolute atomic E-state index is 0.776. The Labute approximate surface area is 122 Å². The van der Waals surface area contributed by atoms with Crippen molar-refractivity contribution < 1.29 is 4.74 Å². The molecule has 0 fully saturated rings. The molecule has 0 atom stereocenters. The van der Waals surface area contributed by atoms with E-state index in [0.29, 0.717) is 0 Å². The molecule has 4 heteroatoms. The Morgan fingerprint density at radius 2 is 1.95 bits per heavy atom. The Hall–Kier alpha value is -2.62. The molecule has 0 unspecified atom stereocenters. The van der Waals surface area contributed by atoms with Crippen molar-refractivity contribution in [3.05, 3.63) is 54.0 Å². The standard InChI is InChI=1S/C17H15N3O/c1-11-16(13-4-7-18-8-5-13)17(20-19-11)14-3-2-12-6-9-21-15(12)10-14/h2-5,7-8,10H,6,9H2,1H3,(H,19,20). The number of nitrogens with zero attached hydrogens (tertiary/aromatic N) is 2. The molecule has 3 heterocycles. The number of benzene rings is 1. The highest BCUT2D eigenvalue weighted by molar-refractivity contribution is 5.82. The molecule has 21 heavy (non-hydrogen) atoms. The summed E-state index contributed by atoms with van der Waals surface area (Å²) in [5.41, 5.74) is 6.63. The fourth-order valence-electron chi connectivity index (χ4n) is 2.84. The van der Waals surface area contributed by atoms with E-state index in [9.17, 15) is 0 Å². The SMILES string of the molecule is Cc1n[nH]c(-c2ccc3c(c2)OCC3)c1-c1ccncc1. The zero-order chi connectivity index (χ0) is 14.2. The molecule has 1 aromatic carbocycles. The molecular formula is C17H15N3O. The second-order valence-corrected chi connectivity index (χ2v) is 5.22. The van der Waals surface area contributed by atoms with Crippen LogP contribution in [0.3, 0.4) is 0 Å². The van der Waals surface area contributed by atoms with Gasteiger partial charge in [-0.15, -0.1) is 0 Å². The highest BCUT2D eigenvalue weighted by Gasteiger charge is 2.17. The molecule has 0 saturated carbocycles. The lowest BCUT2D eigenvalue weighted by Gasteiger charge is -2.06. The molecule has 3 aromatic rings. The lowest BCUT2D eigenvalue weighted by atomic mass is 9.99. The van der Waals surface area contributed by atoms with Gasteiger partial charge >= 0.3 is 0 Å². The zero-order valence-electron chi connectivity index (χ0n) is 11.8. The number of hydrogen-bond donors (Lipinski definition) is 1. The van der Waals surface area contributed by atoms with Crippen LogP contribution in [-0.4, -0.2) is 21.8 Å². The van der Waals surface area contributed by atoms with Crippen molar-refractivity contribution in [2.24, 2.45) is 0 Å². The quantitative estimate of drug-likeness (QED) is 0.781. The van der Waals surface area contributed by atoms with Crippen molar-refractivity contribution in [2.45, 2.75) is 13.3 Å². The number of aromatic nitrogens is 3. The summed E-state index contributed by atoms with van der Waals surface area (Å²) in [6.07, 6.45) is 4.60. The van der Waals surface area contributed by atoms with E-state index >= 15 is 0 Å². The van der Waals surface area contributed by atoms with Crippen LogP contribution in [0.25, 0.3) is 22.4 Å². The summed E-state index contributed by atoms with van der Waals surface area (Å²) in [6.45, 7) is 2.79. The predicted molar refractivity (Wildman–Crippen MR) is 81.2 cm³/mol. The highest BCUT2D eigenvalue weighted by atomic mass is 16.5. The summed E-state index contributed by atoms with van der Waals surface area (Å²) in [5.74, 6) is 0.987. The average Bonchev–Trinajstić information content (AvgIpc) is 3.13. The van der Waals surface area contributed by atoms with Crippen LogP contribution in [0.2, 0.25) is 0 Å². The van der Waals surface area contributed by atoms with Crippen LogP contribution >= 0.6 is 0 Å². The smallest absolute Gasteiger partial charge is 0.123 e. The van der Waals surface area contributed by atoms with Gasteiger partial charge in [0, 0.05) is 29.9 Å². The van der Waals surface area contributed by atoms with Crippen molar-refractivity contribution in [3.8, 4) is 28.1 Å². The second kappa shape index (κ2) is 4.74. The Morgan fingerprint density at radius 3 is 2.81 bits per heavy atom. The molecule has 1 aliphatic rings. The monoisotopic (exact) mass is 277 g/mol. The number of pyridine rings is 1. The first-order valence-electron chi connectivity index (χ1n) is 7.04. The van der Waals surface area contributed by atoms with Gasteiger partial charge in [-0.3, -0.25) is 10.1 Å². The number of aryl methyl sites for hydroxylation is 1. The molecule has 104 valence electrons. The van der Waals surface area contributed by atoms with Crippen LogP contribution in [0, 0.1) is 6.92 Å². The molecule has 0 amide bonds. The molecule has 4 rings (SSSR count). The minimum Gasteiger partial charge on any atom is -0.493 e. The summed E-state index contributed by atoms with van der Waals surface area (Å²) in [7, 11) is 0. The molecule has 4 nitrogen and oxygen atoms in total. The number of fused-ring (bicyclic) bond motifs is 1. The summed E-state index contributed by atoms with van der Waals surface area (Å²) in [4.78, 5) is 4.08. The third-order valence-electron chi connectivity index (χ3n) is 3.90. The molecule has 2 aromatic heterocycles. The molecule has 0 aliphatic carbocycles. The van der Waals surface area contributed by atoms with Gasteiger partial charge in [0.25, 0.3) is 0 Å². The van der Waals surface area contributed by atoms with E-state index in [1.807, 2.05) is 19.1 Å². The summed E-state index contributed by atoms with van der Waals surface area (Å²) in [6, 6.07) is 10.4. The maximum Gasteiger partial charge on any atom is 0.123 e. The maximum atomic E-state index is 5.67. The zero-order valence-corrected chi connectivity index (χ0v) is 11.8. The van der Waals surface area contributed by atoms with Crippen LogP contribution < -0.4 is 4.74 Å². The summed E-state index contributed by atoms with van der Waals surface area (Å²) < 4.78 is 5.67. The van der Waals surface area contributed by atoms with Gasteiger partial charge < -0.3 is 4.74 Å². The first kappa shape index (κ1) is 12.1. The fraction of sp³-hybridized carbons (Fsp3) is 0.176. The van der Waals surface area contributed by atoms with Crippen LogP contribution in [0.4, 0.5) is 0 Å². The maximum absolute atomic E-state index is 5.67. The van der Waals surface area contributed by atoms with Gasteiger partial charge in [0.05, 0.1) is 18.0 Å². The van der Waals surface area contributed by atoms with Crippen molar-refractivity contribution in [1.82, 2.24) is 15.2 Å². The normalized spacial score (nSPS) is 13.0. The molecule has 0 saturated heterocycles. The highest BCUT2D eigenvalue weighted by Crippen LogP contribution is 2.36. The molecule has 0 spiro atoms. The summed E-state index contributed by atoms with van der Waals surface area (Å²) >= 11 is 0. The average molecular weight is 277 g/mol. The topological polar surface area (TPSA) is 50.8 Å². The predicted octanol–water partition coefficient (Wildman–Crippen LogP) is 3.38. The van der Waals surface area contributed by atoms with Crippen molar-refractivity contribution in [3.63, 3.8) is 0 Å². The lowest BCUT2D eigenvalue weighted by molar-refractivity contribution is 0.357. The van der Waals surface area contributed by atoms with Crippen LogP contribution in [0.1, 0.15) is 11.3 Å². The van der Waals surface area contributed by atoms with Gasteiger partial charge in [0.2, 0.25) is 0 Å². The van der Waals surface area contributed by atoms with E-state index in [2.05, 4.69) is 33.4 Å².